The Morgan fingerprint density at radius 2 is 2.12 bits per heavy atom. The highest BCUT2D eigenvalue weighted by Crippen LogP contribution is 2.34. The van der Waals surface area contributed by atoms with Crippen LogP contribution in [0.25, 0.3) is 0 Å². The smallest absolute Gasteiger partial charge is 0.341 e. The topological polar surface area (TPSA) is 119 Å². The first-order valence-corrected chi connectivity index (χ1v) is 4.61. The Kier molecular flexibility index (Phi) is 3.70. The molecular weight excluding hydrogens is 212 g/mol. The van der Waals surface area contributed by atoms with Gasteiger partial charge in [-0.1, -0.05) is 0 Å². The minimum Gasteiger partial charge on any atom is -0.507 e. The van der Waals surface area contributed by atoms with Crippen LogP contribution < -0.4 is 11.5 Å². The number of carbonyl (C=O) groups excluding carboxylic acids is 1. The van der Waals surface area contributed by atoms with Gasteiger partial charge >= 0.3 is 5.97 Å². The minimum absolute atomic E-state index is 0.0335. The minimum atomic E-state index is -0.746. The highest BCUT2D eigenvalue weighted by molar-refractivity contribution is 5.93. The molecule has 88 valence electrons. The van der Waals surface area contributed by atoms with Gasteiger partial charge in [-0.15, -0.1) is 0 Å². The number of esters is 1. The van der Waals surface area contributed by atoms with E-state index in [9.17, 15) is 15.0 Å². The van der Waals surface area contributed by atoms with E-state index in [4.69, 9.17) is 11.5 Å². The number of rotatable bonds is 3. The lowest BCUT2D eigenvalue weighted by atomic mass is 10.0. The lowest BCUT2D eigenvalue weighted by Gasteiger charge is -2.15. The van der Waals surface area contributed by atoms with Crippen molar-refractivity contribution in [3.63, 3.8) is 0 Å². The van der Waals surface area contributed by atoms with Gasteiger partial charge in [-0.3, -0.25) is 0 Å². The molecule has 6 nitrogen and oxygen atoms in total. The number of phenolic OH excluding ortho intramolecular Hbond substituents is 2. The first-order valence-electron chi connectivity index (χ1n) is 4.61. The number of nitrogens with two attached hydrogens (primary N) is 2. The SMILES string of the molecule is COC(=O)c1ccc(O)c([C@H](N)CN)c1O. The summed E-state index contributed by atoms with van der Waals surface area (Å²) in [7, 11) is 1.19. The predicted octanol–water partition coefficient (Wildman–Crippen LogP) is -0.157. The molecule has 0 aliphatic heterocycles. The molecule has 16 heavy (non-hydrogen) atoms. The molecule has 0 bridgehead atoms. The van der Waals surface area contributed by atoms with E-state index < -0.39 is 17.8 Å². The zero-order valence-electron chi connectivity index (χ0n) is 8.80. The van der Waals surface area contributed by atoms with Gasteiger partial charge in [0.2, 0.25) is 0 Å². The second kappa shape index (κ2) is 4.82. The first-order chi connectivity index (χ1) is 7.52. The highest BCUT2D eigenvalue weighted by atomic mass is 16.5. The standard InChI is InChI=1S/C10H14N2O4/c1-16-10(15)5-2-3-7(13)8(9(5)14)6(12)4-11/h2-3,6,13-14H,4,11-12H2,1H3/t6-/m1/s1. The molecule has 1 rings (SSSR count). The van der Waals surface area contributed by atoms with E-state index >= 15 is 0 Å². The van der Waals surface area contributed by atoms with Gasteiger partial charge < -0.3 is 26.4 Å². The van der Waals surface area contributed by atoms with Crippen molar-refractivity contribution in [2.75, 3.05) is 13.7 Å². The van der Waals surface area contributed by atoms with Gasteiger partial charge in [-0.25, -0.2) is 4.79 Å². The van der Waals surface area contributed by atoms with Crippen molar-refractivity contribution in [3.05, 3.63) is 23.3 Å². The second-order valence-corrected chi connectivity index (χ2v) is 3.23. The molecule has 0 heterocycles. The Labute approximate surface area is 92.4 Å². The molecule has 0 radical (unpaired) electrons. The summed E-state index contributed by atoms with van der Waals surface area (Å²) in [5.74, 6) is -1.31. The van der Waals surface area contributed by atoms with Crippen molar-refractivity contribution >= 4 is 5.97 Å². The van der Waals surface area contributed by atoms with Crippen molar-refractivity contribution in [1.82, 2.24) is 0 Å². The van der Waals surface area contributed by atoms with E-state index in [-0.39, 0.29) is 23.4 Å². The summed E-state index contributed by atoms with van der Waals surface area (Å²) < 4.78 is 4.47. The second-order valence-electron chi connectivity index (χ2n) is 3.23. The maximum absolute atomic E-state index is 11.3. The van der Waals surface area contributed by atoms with Crippen LogP contribution in [0.3, 0.4) is 0 Å². The lowest BCUT2D eigenvalue weighted by Crippen LogP contribution is -2.21. The van der Waals surface area contributed by atoms with E-state index in [0.29, 0.717) is 0 Å². The maximum atomic E-state index is 11.3. The summed E-state index contributed by atoms with van der Waals surface area (Å²) in [5.41, 5.74) is 10.9. The van der Waals surface area contributed by atoms with Gasteiger partial charge in [-0.2, -0.15) is 0 Å². The van der Waals surface area contributed by atoms with Crippen molar-refractivity contribution in [2.45, 2.75) is 6.04 Å². The fraction of sp³-hybridized carbons (Fsp3) is 0.300. The summed E-state index contributed by atoms with van der Waals surface area (Å²) >= 11 is 0. The average molecular weight is 226 g/mol. The first kappa shape index (κ1) is 12.3. The zero-order valence-corrected chi connectivity index (χ0v) is 8.80. The van der Waals surface area contributed by atoms with E-state index in [1.54, 1.807) is 0 Å². The summed E-state index contributed by atoms with van der Waals surface area (Å²) in [4.78, 5) is 11.3. The Hall–Kier alpha value is -1.79. The third-order valence-electron chi connectivity index (χ3n) is 2.22. The van der Waals surface area contributed by atoms with Gasteiger partial charge in [0.25, 0.3) is 0 Å². The van der Waals surface area contributed by atoms with E-state index in [2.05, 4.69) is 4.74 Å². The third-order valence-corrected chi connectivity index (χ3v) is 2.22. The van der Waals surface area contributed by atoms with Crippen LogP contribution in [-0.2, 0) is 4.74 Å². The molecule has 0 amide bonds. The van der Waals surface area contributed by atoms with Crippen LogP contribution >= 0.6 is 0 Å². The van der Waals surface area contributed by atoms with Gasteiger partial charge in [0.05, 0.1) is 12.7 Å². The molecule has 6 heteroatoms. The quantitative estimate of drug-likeness (QED) is 0.532. The number of aromatic hydroxyl groups is 2. The third kappa shape index (κ3) is 2.07. The fourth-order valence-electron chi connectivity index (χ4n) is 1.36. The monoisotopic (exact) mass is 226 g/mol. The molecule has 0 spiro atoms. The zero-order chi connectivity index (χ0) is 12.3. The summed E-state index contributed by atoms with van der Waals surface area (Å²) in [5, 5.41) is 19.3. The largest absolute Gasteiger partial charge is 0.507 e. The van der Waals surface area contributed by atoms with E-state index in [1.807, 2.05) is 0 Å². The number of carbonyl (C=O) groups is 1. The molecule has 0 saturated heterocycles. The number of hydrogen-bond acceptors (Lipinski definition) is 6. The summed E-state index contributed by atoms with van der Waals surface area (Å²) in [6.45, 7) is 0.0335. The molecular formula is C10H14N2O4. The Balaban J connectivity index is 3.32. The van der Waals surface area contributed by atoms with Crippen LogP contribution in [0.5, 0.6) is 11.5 Å². The Morgan fingerprint density at radius 3 is 2.62 bits per heavy atom. The summed E-state index contributed by atoms with van der Waals surface area (Å²) in [6.07, 6.45) is 0. The van der Waals surface area contributed by atoms with Crippen LogP contribution in [0.15, 0.2) is 12.1 Å². The molecule has 0 unspecified atom stereocenters. The molecule has 0 aliphatic rings. The van der Waals surface area contributed by atoms with Crippen molar-refractivity contribution < 1.29 is 19.7 Å². The van der Waals surface area contributed by atoms with E-state index in [0.717, 1.165) is 0 Å². The lowest BCUT2D eigenvalue weighted by molar-refractivity contribution is 0.0597. The molecule has 0 saturated carbocycles. The predicted molar refractivity (Wildman–Crippen MR) is 57.1 cm³/mol. The van der Waals surface area contributed by atoms with Crippen LogP contribution in [0.2, 0.25) is 0 Å². The molecule has 1 atom stereocenters. The average Bonchev–Trinajstić information content (AvgIpc) is 2.28. The summed E-state index contributed by atoms with van der Waals surface area (Å²) in [6, 6.07) is 1.77. The van der Waals surface area contributed by atoms with Gasteiger partial charge in [0.1, 0.15) is 17.1 Å². The Bertz CT molecular complexity index is 406. The van der Waals surface area contributed by atoms with Crippen molar-refractivity contribution in [3.8, 4) is 11.5 Å². The van der Waals surface area contributed by atoms with Crippen LogP contribution in [0.4, 0.5) is 0 Å². The van der Waals surface area contributed by atoms with Crippen molar-refractivity contribution in [1.29, 1.82) is 0 Å². The van der Waals surface area contributed by atoms with Gasteiger partial charge in [-0.05, 0) is 12.1 Å². The molecule has 1 aromatic carbocycles. The fourth-order valence-corrected chi connectivity index (χ4v) is 1.36. The normalized spacial score (nSPS) is 12.2. The maximum Gasteiger partial charge on any atom is 0.341 e. The van der Waals surface area contributed by atoms with Crippen LogP contribution in [-0.4, -0.2) is 29.8 Å². The molecule has 0 aliphatic carbocycles. The number of methoxy groups -OCH3 is 1. The van der Waals surface area contributed by atoms with Crippen molar-refractivity contribution in [2.24, 2.45) is 11.5 Å². The Morgan fingerprint density at radius 1 is 1.50 bits per heavy atom. The molecule has 1 aromatic rings. The van der Waals surface area contributed by atoms with Crippen LogP contribution in [0, 0.1) is 0 Å². The van der Waals surface area contributed by atoms with E-state index in [1.165, 1.54) is 19.2 Å². The van der Waals surface area contributed by atoms with Gasteiger partial charge in [0.15, 0.2) is 0 Å². The number of benzene rings is 1. The molecule has 0 aromatic heterocycles. The van der Waals surface area contributed by atoms with Gasteiger partial charge in [0, 0.05) is 12.6 Å². The molecule has 6 N–H and O–H groups in total. The molecule has 0 fully saturated rings. The number of hydrogen-bond donors (Lipinski definition) is 4. The number of ether oxygens (including phenoxy) is 1. The van der Waals surface area contributed by atoms with Crippen LogP contribution in [0.1, 0.15) is 22.0 Å². The number of phenols is 2. The highest BCUT2D eigenvalue weighted by Gasteiger charge is 2.21.